The van der Waals surface area contributed by atoms with Crippen LogP contribution in [0.5, 0.6) is 5.75 Å². The van der Waals surface area contributed by atoms with Gasteiger partial charge in [0.05, 0.1) is 17.6 Å². The maximum atomic E-state index is 12.7. The zero-order chi connectivity index (χ0) is 25.0. The molecular formula is C23H28O12. The number of rotatable bonds is 6. The Bertz CT molecular complexity index is 1030. The van der Waals surface area contributed by atoms with Crippen molar-refractivity contribution >= 4 is 5.97 Å². The summed E-state index contributed by atoms with van der Waals surface area (Å²) < 4.78 is 29.6. The molecule has 3 saturated carbocycles. The highest BCUT2D eigenvalue weighted by Gasteiger charge is 2.94. The number of ether oxygens (including phenoxy) is 5. The van der Waals surface area contributed by atoms with Crippen LogP contribution in [-0.2, 0) is 23.7 Å². The summed E-state index contributed by atoms with van der Waals surface area (Å²) in [5.41, 5.74) is -3.27. The molecule has 0 radical (unpaired) electrons. The van der Waals surface area contributed by atoms with Crippen LogP contribution in [0, 0.1) is 11.3 Å². The van der Waals surface area contributed by atoms with Crippen LogP contribution in [-0.4, -0.2) is 104 Å². The predicted molar refractivity (Wildman–Crippen MR) is 110 cm³/mol. The molecule has 35 heavy (non-hydrogen) atoms. The lowest BCUT2D eigenvalue weighted by molar-refractivity contribution is -0.424. The van der Waals surface area contributed by atoms with Crippen molar-refractivity contribution in [1.82, 2.24) is 0 Å². The molecule has 0 amide bonds. The number of hydrogen-bond donors (Lipinski definition) is 6. The van der Waals surface area contributed by atoms with E-state index in [0.29, 0.717) is 0 Å². The van der Waals surface area contributed by atoms with Gasteiger partial charge in [-0.15, -0.1) is 0 Å². The zero-order valence-electron chi connectivity index (χ0n) is 18.8. The van der Waals surface area contributed by atoms with E-state index in [0.717, 1.165) is 0 Å². The van der Waals surface area contributed by atoms with E-state index >= 15 is 0 Å². The Labute approximate surface area is 199 Å². The maximum absolute atomic E-state index is 12.7. The molecule has 6 N–H and O–H groups in total. The van der Waals surface area contributed by atoms with Gasteiger partial charge in [-0.25, -0.2) is 4.79 Å². The maximum Gasteiger partial charge on any atom is 0.338 e. The number of benzene rings is 1. The lowest BCUT2D eigenvalue weighted by atomic mass is 9.41. The lowest BCUT2D eigenvalue weighted by Crippen LogP contribution is -2.80. The van der Waals surface area contributed by atoms with Gasteiger partial charge in [0.15, 0.2) is 18.4 Å². The van der Waals surface area contributed by atoms with Gasteiger partial charge >= 0.3 is 5.97 Å². The number of carbonyl (C=O) groups excluding carboxylic acids is 1. The Hall–Kier alpha value is -1.87. The summed E-state index contributed by atoms with van der Waals surface area (Å²) >= 11 is 0. The first-order valence-corrected chi connectivity index (χ1v) is 11.5. The summed E-state index contributed by atoms with van der Waals surface area (Å²) in [5, 5.41) is 61.2. The molecule has 12 heteroatoms. The first-order valence-electron chi connectivity index (χ1n) is 11.5. The lowest BCUT2D eigenvalue weighted by Gasteiger charge is -2.67. The average Bonchev–Trinajstić information content (AvgIpc) is 3.00. The summed E-state index contributed by atoms with van der Waals surface area (Å²) in [4.78, 5) is 12.7. The van der Waals surface area contributed by atoms with Gasteiger partial charge in [-0.2, -0.15) is 0 Å². The summed E-state index contributed by atoms with van der Waals surface area (Å²) in [7, 11) is 0. The van der Waals surface area contributed by atoms with Gasteiger partial charge in [-0.05, 0) is 37.6 Å². The minimum absolute atomic E-state index is 0.00282. The molecule has 1 unspecified atom stereocenters. The van der Waals surface area contributed by atoms with Crippen LogP contribution in [0.15, 0.2) is 24.3 Å². The van der Waals surface area contributed by atoms with E-state index in [1.807, 2.05) is 0 Å². The normalized spacial score (nSPS) is 51.3. The number of aliphatic hydroxyl groups is 5. The van der Waals surface area contributed by atoms with Crippen LogP contribution >= 0.6 is 0 Å². The first-order chi connectivity index (χ1) is 16.5. The van der Waals surface area contributed by atoms with Gasteiger partial charge in [0.25, 0.3) is 0 Å². The average molecular weight is 496 g/mol. The number of esters is 1. The molecular weight excluding hydrogens is 468 g/mol. The molecule has 1 aromatic carbocycles. The molecule has 192 valence electrons. The van der Waals surface area contributed by atoms with Crippen molar-refractivity contribution in [3.63, 3.8) is 0 Å². The van der Waals surface area contributed by atoms with Crippen LogP contribution in [0.3, 0.4) is 0 Å². The van der Waals surface area contributed by atoms with Gasteiger partial charge in [-0.3, -0.25) is 0 Å². The third-order valence-corrected chi connectivity index (χ3v) is 8.66. The number of phenolic OH excluding ortho intramolecular Hbond substituents is 1. The zero-order valence-corrected chi connectivity index (χ0v) is 18.8. The second kappa shape index (κ2) is 7.34. The molecule has 4 heterocycles. The molecule has 12 nitrogen and oxygen atoms in total. The van der Waals surface area contributed by atoms with E-state index in [9.17, 15) is 35.4 Å². The van der Waals surface area contributed by atoms with Gasteiger partial charge in [0, 0.05) is 12.3 Å². The number of aromatic hydroxyl groups is 1. The van der Waals surface area contributed by atoms with Crippen molar-refractivity contribution in [2.45, 2.75) is 73.8 Å². The van der Waals surface area contributed by atoms with Crippen LogP contribution in [0.25, 0.3) is 0 Å². The van der Waals surface area contributed by atoms with E-state index in [4.69, 9.17) is 23.7 Å². The topological polar surface area (TPSA) is 185 Å². The Kier molecular flexibility index (Phi) is 4.93. The van der Waals surface area contributed by atoms with Gasteiger partial charge in [-0.1, -0.05) is 0 Å². The second-order valence-electron chi connectivity index (χ2n) is 10.4. The molecule has 11 atom stereocenters. The molecule has 3 aliphatic carbocycles. The Morgan fingerprint density at radius 3 is 2.51 bits per heavy atom. The number of phenols is 1. The summed E-state index contributed by atoms with van der Waals surface area (Å²) in [6.07, 6.45) is -8.10. The highest BCUT2D eigenvalue weighted by atomic mass is 16.8. The van der Waals surface area contributed by atoms with E-state index in [1.54, 1.807) is 6.92 Å². The standard InChI is InChI=1S/C23H28O12/c1-20-8-22(30)13-6-23(20,33-18-16(28)15(27)14(26)12(7-24)32-18)21(13,19(34-20)35-22)9-31-17(29)10-2-4-11(25)5-3-10/h2-5,12-16,18-19,24-28,30H,6-9H2,1H3/t12-,13+,14-,15+,16-,18+,19?,20-,21+,22+,23-/m1/s1. The smallest absolute Gasteiger partial charge is 0.338 e. The predicted octanol–water partition coefficient (Wildman–Crippen LogP) is -1.65. The second-order valence-corrected chi connectivity index (χ2v) is 10.4. The first kappa shape index (κ1) is 23.5. The third kappa shape index (κ3) is 2.80. The van der Waals surface area contributed by atoms with Crippen molar-refractivity contribution < 1.29 is 59.1 Å². The van der Waals surface area contributed by atoms with Crippen LogP contribution < -0.4 is 0 Å². The van der Waals surface area contributed by atoms with Gasteiger partial charge in [0.1, 0.15) is 48.0 Å². The monoisotopic (exact) mass is 496 g/mol. The summed E-state index contributed by atoms with van der Waals surface area (Å²) in [6, 6.07) is 5.54. The fourth-order valence-electron chi connectivity index (χ4n) is 6.90. The number of aliphatic hydroxyl groups excluding tert-OH is 4. The Balaban J connectivity index is 1.31. The Morgan fingerprint density at radius 2 is 1.83 bits per heavy atom. The van der Waals surface area contributed by atoms with Crippen molar-refractivity contribution in [2.75, 3.05) is 13.2 Å². The molecule has 7 fully saturated rings. The minimum Gasteiger partial charge on any atom is -0.508 e. The fraction of sp³-hybridized carbons (Fsp3) is 0.696. The molecule has 0 spiro atoms. The summed E-state index contributed by atoms with van der Waals surface area (Å²) in [6.45, 7) is 0.878. The third-order valence-electron chi connectivity index (χ3n) is 8.66. The van der Waals surface area contributed by atoms with Crippen molar-refractivity contribution in [3.8, 4) is 5.75 Å². The van der Waals surface area contributed by atoms with Crippen LogP contribution in [0.2, 0.25) is 0 Å². The van der Waals surface area contributed by atoms with Gasteiger partial charge in [0.2, 0.25) is 0 Å². The minimum atomic E-state index is -1.64. The van der Waals surface area contributed by atoms with Crippen molar-refractivity contribution in [2.24, 2.45) is 11.3 Å². The molecule has 8 rings (SSSR count). The molecule has 6 bridgehead atoms. The molecule has 7 aliphatic rings. The van der Waals surface area contributed by atoms with E-state index < -0.39 is 77.9 Å². The quantitative estimate of drug-likeness (QED) is 0.247. The van der Waals surface area contributed by atoms with Crippen LogP contribution in [0.4, 0.5) is 0 Å². The summed E-state index contributed by atoms with van der Waals surface area (Å²) in [5.74, 6) is -2.68. The van der Waals surface area contributed by atoms with E-state index in [1.165, 1.54) is 24.3 Å². The van der Waals surface area contributed by atoms with E-state index in [2.05, 4.69) is 0 Å². The number of carbonyl (C=O) groups is 1. The molecule has 4 aliphatic heterocycles. The van der Waals surface area contributed by atoms with Crippen molar-refractivity contribution in [1.29, 1.82) is 0 Å². The molecule has 1 aromatic rings. The largest absolute Gasteiger partial charge is 0.508 e. The SMILES string of the molecule is C[C@]12C[C@]3(O)OC(O1)[C@]1(COC(=O)c4ccc(O)cc4)[C@@H]3C[C@@]21O[C@@H]1O[C@H](CO)[C@@H](O)[C@H](O)[C@H]1O. The fourth-order valence-corrected chi connectivity index (χ4v) is 6.90. The van der Waals surface area contributed by atoms with Gasteiger partial charge < -0.3 is 54.3 Å². The highest BCUT2D eigenvalue weighted by Crippen LogP contribution is 2.81. The highest BCUT2D eigenvalue weighted by molar-refractivity contribution is 5.89. The van der Waals surface area contributed by atoms with E-state index in [-0.39, 0.29) is 30.8 Å². The molecule has 0 aromatic heterocycles. The number of hydrogen-bond acceptors (Lipinski definition) is 12. The van der Waals surface area contributed by atoms with Crippen molar-refractivity contribution in [3.05, 3.63) is 29.8 Å². The van der Waals surface area contributed by atoms with Crippen LogP contribution in [0.1, 0.15) is 30.1 Å². The molecule has 4 saturated heterocycles. The Morgan fingerprint density at radius 1 is 1.11 bits per heavy atom.